The summed E-state index contributed by atoms with van der Waals surface area (Å²) < 4.78 is 11.0. The van der Waals surface area contributed by atoms with Crippen molar-refractivity contribution in [2.24, 2.45) is 5.92 Å². The van der Waals surface area contributed by atoms with Gasteiger partial charge in [-0.2, -0.15) is 0 Å². The van der Waals surface area contributed by atoms with E-state index in [0.29, 0.717) is 21.8 Å². The molecule has 6 nitrogen and oxygen atoms in total. The van der Waals surface area contributed by atoms with Gasteiger partial charge in [-0.05, 0) is 82.7 Å². The molecule has 1 saturated carbocycles. The van der Waals surface area contributed by atoms with Crippen LogP contribution in [0.4, 0.5) is 5.69 Å². The third-order valence-electron chi connectivity index (χ3n) is 5.03. The van der Waals surface area contributed by atoms with Gasteiger partial charge in [-0.1, -0.05) is 18.2 Å². The number of methoxy groups -OCH3 is 1. The molecule has 7 heteroatoms. The third-order valence-corrected chi connectivity index (χ3v) is 5.46. The molecule has 0 spiro atoms. The number of anilines is 1. The highest BCUT2D eigenvalue weighted by Gasteiger charge is 2.33. The van der Waals surface area contributed by atoms with Crippen molar-refractivity contribution in [3.05, 3.63) is 82.2 Å². The van der Waals surface area contributed by atoms with Crippen LogP contribution in [0, 0.1) is 5.92 Å². The smallest absolute Gasteiger partial charge is 0.291 e. The Morgan fingerprint density at radius 3 is 2.47 bits per heavy atom. The Morgan fingerprint density at radius 1 is 1.07 bits per heavy atom. The Hall–Kier alpha value is -3.06. The molecule has 2 aromatic carbocycles. The average molecular weight is 469 g/mol. The van der Waals surface area contributed by atoms with Crippen LogP contribution in [0.3, 0.4) is 0 Å². The first-order valence-corrected chi connectivity index (χ1v) is 10.4. The highest BCUT2D eigenvalue weighted by Crippen LogP contribution is 2.41. The number of carbonyl (C=O) groups is 2. The van der Waals surface area contributed by atoms with Crippen LogP contribution in [0.1, 0.15) is 45.4 Å². The fourth-order valence-electron chi connectivity index (χ4n) is 3.31. The van der Waals surface area contributed by atoms with E-state index in [0.717, 1.165) is 24.2 Å². The zero-order valence-corrected chi connectivity index (χ0v) is 17.9. The number of benzene rings is 2. The molecule has 2 N–H and O–H groups in total. The van der Waals surface area contributed by atoms with Crippen molar-refractivity contribution in [1.29, 1.82) is 0 Å². The van der Waals surface area contributed by atoms with Crippen LogP contribution in [-0.4, -0.2) is 18.9 Å². The summed E-state index contributed by atoms with van der Waals surface area (Å²) in [6.45, 7) is 0. The largest absolute Gasteiger partial charge is 0.497 e. The third kappa shape index (κ3) is 4.74. The van der Waals surface area contributed by atoms with E-state index in [4.69, 9.17) is 9.15 Å². The summed E-state index contributed by atoms with van der Waals surface area (Å²) in [4.78, 5) is 25.2. The molecular formula is C23H21BrN2O4. The lowest BCUT2D eigenvalue weighted by atomic mass is 10.0. The first-order chi connectivity index (χ1) is 14.5. The standard InChI is InChI=1S/C23H21BrN2O4/c1-29-18-9-7-15(8-10-18)21(14-5-6-14)26-22(27)16-3-2-4-17(13-16)25-23(28)19-11-12-20(24)30-19/h2-4,7-14,21H,5-6H2,1H3,(H,25,28)(H,26,27). The van der Waals surface area contributed by atoms with Gasteiger partial charge in [0.05, 0.1) is 13.2 Å². The number of amides is 2. The summed E-state index contributed by atoms with van der Waals surface area (Å²) in [5.74, 6) is 0.839. The Morgan fingerprint density at radius 2 is 1.83 bits per heavy atom. The van der Waals surface area contributed by atoms with Gasteiger partial charge in [0, 0.05) is 11.3 Å². The van der Waals surface area contributed by atoms with Gasteiger partial charge in [0.2, 0.25) is 0 Å². The lowest BCUT2D eigenvalue weighted by Crippen LogP contribution is -2.30. The van der Waals surface area contributed by atoms with Gasteiger partial charge in [0.1, 0.15) is 5.75 Å². The van der Waals surface area contributed by atoms with Crippen LogP contribution in [0.25, 0.3) is 0 Å². The minimum atomic E-state index is -0.382. The fraction of sp³-hybridized carbons (Fsp3) is 0.217. The molecule has 1 aliphatic carbocycles. The molecule has 3 aromatic rings. The molecule has 1 fully saturated rings. The van der Waals surface area contributed by atoms with E-state index in [2.05, 4.69) is 26.6 Å². The van der Waals surface area contributed by atoms with E-state index in [1.54, 1.807) is 43.5 Å². The summed E-state index contributed by atoms with van der Waals surface area (Å²) in [6.07, 6.45) is 2.18. The highest BCUT2D eigenvalue weighted by molar-refractivity contribution is 9.10. The molecule has 30 heavy (non-hydrogen) atoms. The number of carbonyl (C=O) groups excluding carboxylic acids is 2. The van der Waals surface area contributed by atoms with Crippen molar-refractivity contribution < 1.29 is 18.7 Å². The predicted octanol–water partition coefficient (Wildman–Crippen LogP) is 5.18. The second-order valence-electron chi connectivity index (χ2n) is 7.20. The Bertz CT molecular complexity index is 1060. The Kier molecular flexibility index (Phi) is 5.90. The number of hydrogen-bond donors (Lipinski definition) is 2. The van der Waals surface area contributed by atoms with Gasteiger partial charge >= 0.3 is 0 Å². The lowest BCUT2D eigenvalue weighted by Gasteiger charge is -2.19. The number of furan rings is 1. The molecule has 0 saturated heterocycles. The van der Waals surface area contributed by atoms with Crippen LogP contribution < -0.4 is 15.4 Å². The molecule has 0 bridgehead atoms. The summed E-state index contributed by atoms with van der Waals surface area (Å²) in [5, 5.41) is 5.90. The van der Waals surface area contributed by atoms with Crippen molar-refractivity contribution in [1.82, 2.24) is 5.32 Å². The second kappa shape index (κ2) is 8.75. The van der Waals surface area contributed by atoms with Crippen LogP contribution in [-0.2, 0) is 0 Å². The van der Waals surface area contributed by atoms with Gasteiger partial charge in [0.25, 0.3) is 11.8 Å². The van der Waals surface area contributed by atoms with Crippen molar-refractivity contribution >= 4 is 33.4 Å². The summed E-state index contributed by atoms with van der Waals surface area (Å²) in [6, 6.07) is 17.8. The molecule has 1 aromatic heterocycles. The summed E-state index contributed by atoms with van der Waals surface area (Å²) in [5.41, 5.74) is 2.06. The van der Waals surface area contributed by atoms with Crippen LogP contribution in [0.2, 0.25) is 0 Å². The lowest BCUT2D eigenvalue weighted by molar-refractivity contribution is 0.0930. The second-order valence-corrected chi connectivity index (χ2v) is 7.98. The van der Waals surface area contributed by atoms with Gasteiger partial charge < -0.3 is 19.8 Å². The van der Waals surface area contributed by atoms with Gasteiger partial charge in [-0.25, -0.2) is 0 Å². The minimum Gasteiger partial charge on any atom is -0.497 e. The first-order valence-electron chi connectivity index (χ1n) is 9.65. The Labute approximate surface area is 182 Å². The van der Waals surface area contributed by atoms with E-state index in [1.807, 2.05) is 24.3 Å². The molecule has 1 heterocycles. The maximum atomic E-state index is 12.9. The first kappa shape index (κ1) is 20.2. The van der Waals surface area contributed by atoms with E-state index in [1.165, 1.54) is 0 Å². The van der Waals surface area contributed by atoms with Crippen molar-refractivity contribution in [2.75, 3.05) is 12.4 Å². The van der Waals surface area contributed by atoms with Gasteiger partial charge in [-0.3, -0.25) is 9.59 Å². The highest BCUT2D eigenvalue weighted by atomic mass is 79.9. The summed E-state index contributed by atoms with van der Waals surface area (Å²) >= 11 is 3.18. The number of ether oxygens (including phenoxy) is 1. The van der Waals surface area contributed by atoms with Gasteiger partial charge in [0.15, 0.2) is 10.4 Å². The monoisotopic (exact) mass is 468 g/mol. The number of halogens is 1. The van der Waals surface area contributed by atoms with Crippen molar-refractivity contribution in [3.8, 4) is 5.75 Å². The molecule has 4 rings (SSSR count). The predicted molar refractivity (Wildman–Crippen MR) is 117 cm³/mol. The molecular weight excluding hydrogens is 448 g/mol. The molecule has 154 valence electrons. The fourth-order valence-corrected chi connectivity index (χ4v) is 3.61. The maximum absolute atomic E-state index is 12.9. The zero-order chi connectivity index (χ0) is 21.1. The molecule has 0 radical (unpaired) electrons. The summed E-state index contributed by atoms with van der Waals surface area (Å²) in [7, 11) is 1.63. The quantitative estimate of drug-likeness (QED) is 0.500. The zero-order valence-electron chi connectivity index (χ0n) is 16.4. The normalized spacial score (nSPS) is 14.1. The van der Waals surface area contributed by atoms with Crippen molar-refractivity contribution in [3.63, 3.8) is 0 Å². The van der Waals surface area contributed by atoms with E-state index >= 15 is 0 Å². The van der Waals surface area contributed by atoms with E-state index < -0.39 is 0 Å². The van der Waals surface area contributed by atoms with E-state index in [9.17, 15) is 9.59 Å². The maximum Gasteiger partial charge on any atom is 0.291 e. The number of rotatable bonds is 7. The topological polar surface area (TPSA) is 80.6 Å². The molecule has 1 aliphatic rings. The van der Waals surface area contributed by atoms with E-state index in [-0.39, 0.29) is 23.6 Å². The van der Waals surface area contributed by atoms with Crippen LogP contribution in [0.5, 0.6) is 5.75 Å². The molecule has 0 aliphatic heterocycles. The minimum absolute atomic E-state index is 0.0536. The Balaban J connectivity index is 1.47. The van der Waals surface area contributed by atoms with Gasteiger partial charge in [-0.15, -0.1) is 0 Å². The van der Waals surface area contributed by atoms with Crippen molar-refractivity contribution in [2.45, 2.75) is 18.9 Å². The van der Waals surface area contributed by atoms with Crippen LogP contribution in [0.15, 0.2) is 69.8 Å². The number of hydrogen-bond acceptors (Lipinski definition) is 4. The van der Waals surface area contributed by atoms with Crippen LogP contribution >= 0.6 is 15.9 Å². The average Bonchev–Trinajstić information content (AvgIpc) is 3.51. The molecule has 1 unspecified atom stereocenters. The molecule has 2 amide bonds. The number of nitrogens with one attached hydrogen (secondary N) is 2. The SMILES string of the molecule is COc1ccc(C(NC(=O)c2cccc(NC(=O)c3ccc(Br)o3)c2)C2CC2)cc1. The molecule has 1 atom stereocenters.